The number of nitrogens with zero attached hydrogens (tertiary/aromatic N) is 1. The Morgan fingerprint density at radius 3 is 2.63 bits per heavy atom. The summed E-state index contributed by atoms with van der Waals surface area (Å²) >= 11 is 0. The lowest BCUT2D eigenvalue weighted by Crippen LogP contribution is -2.46. The smallest absolute Gasteiger partial charge is 0.326 e. The first-order valence-corrected chi connectivity index (χ1v) is 8.56. The van der Waals surface area contributed by atoms with Gasteiger partial charge in [0.05, 0.1) is 19.7 Å². The molecule has 2 N–H and O–H groups in total. The second-order valence-corrected chi connectivity index (χ2v) is 6.41. The van der Waals surface area contributed by atoms with E-state index in [2.05, 4.69) is 5.32 Å². The number of carbonyl (C=O) groups is 3. The number of carboxylic acid groups (broad SMARTS) is 1. The van der Waals surface area contributed by atoms with Gasteiger partial charge in [0.25, 0.3) is 0 Å². The van der Waals surface area contributed by atoms with Crippen LogP contribution in [-0.4, -0.2) is 65.9 Å². The first kappa shape index (κ1) is 20.6. The summed E-state index contributed by atoms with van der Waals surface area (Å²) in [5, 5.41) is 11.5. The second-order valence-electron chi connectivity index (χ2n) is 6.41. The minimum atomic E-state index is -2.36. The van der Waals surface area contributed by atoms with Gasteiger partial charge in [-0.25, -0.2) is 13.6 Å². The average molecular weight is 384 g/mol. The molecule has 2 amide bonds. The van der Waals surface area contributed by atoms with Gasteiger partial charge in [-0.1, -0.05) is 18.2 Å². The van der Waals surface area contributed by atoms with Crippen LogP contribution >= 0.6 is 0 Å². The number of hydrogen-bond acceptors (Lipinski definition) is 4. The normalized spacial score (nSPS) is 21.7. The molecule has 0 aromatic heterocycles. The molecule has 0 radical (unpaired) electrons. The van der Waals surface area contributed by atoms with Crippen LogP contribution in [0.2, 0.25) is 0 Å². The summed E-state index contributed by atoms with van der Waals surface area (Å²) < 4.78 is 32.3. The van der Waals surface area contributed by atoms with E-state index in [1.54, 1.807) is 12.1 Å². The number of carbonyl (C=O) groups excluding carboxylic acids is 2. The van der Waals surface area contributed by atoms with Crippen molar-refractivity contribution in [3.05, 3.63) is 30.3 Å². The molecule has 2 atom stereocenters. The summed E-state index contributed by atoms with van der Waals surface area (Å²) in [4.78, 5) is 35.8. The molecule has 0 saturated carbocycles. The van der Waals surface area contributed by atoms with Crippen molar-refractivity contribution >= 4 is 17.8 Å². The molecule has 7 nitrogen and oxygen atoms in total. The quantitative estimate of drug-likeness (QED) is 0.626. The fourth-order valence-electron chi connectivity index (χ4n) is 2.82. The van der Waals surface area contributed by atoms with Crippen molar-refractivity contribution in [2.75, 3.05) is 26.4 Å². The van der Waals surface area contributed by atoms with Gasteiger partial charge in [-0.3, -0.25) is 9.59 Å². The van der Waals surface area contributed by atoms with Gasteiger partial charge in [0.2, 0.25) is 11.8 Å². The van der Waals surface area contributed by atoms with Gasteiger partial charge in [0.15, 0.2) is 5.67 Å². The molecular weight excluding hydrogens is 362 g/mol. The fourth-order valence-corrected chi connectivity index (χ4v) is 2.82. The van der Waals surface area contributed by atoms with E-state index in [9.17, 15) is 23.2 Å². The number of amides is 2. The molecule has 1 aliphatic rings. The maximum absolute atomic E-state index is 14.1. The standard InChI is InChI=1S/C18H22F2N2O5/c19-11-18(20)9-14(17(25)26)22(12-18)16(24)10-21-15(23)7-4-8-27-13-5-2-1-3-6-13/h1-3,5-6,14H,4,7-12H2,(H,21,23)(H,25,26)/t14-,18?/m1/s1. The number of ether oxygens (including phenoxy) is 1. The molecular formula is C18H22F2N2O5. The zero-order chi connectivity index (χ0) is 19.9. The van der Waals surface area contributed by atoms with Gasteiger partial charge in [-0.05, 0) is 18.6 Å². The van der Waals surface area contributed by atoms with Crippen molar-refractivity contribution in [1.29, 1.82) is 0 Å². The Balaban J connectivity index is 1.72. The Morgan fingerprint density at radius 1 is 1.30 bits per heavy atom. The van der Waals surface area contributed by atoms with Crippen LogP contribution in [0, 0.1) is 0 Å². The molecule has 0 bridgehead atoms. The summed E-state index contributed by atoms with van der Waals surface area (Å²) in [7, 11) is 0. The molecule has 1 fully saturated rings. The van der Waals surface area contributed by atoms with E-state index in [1.165, 1.54) is 0 Å². The fraction of sp³-hybridized carbons (Fsp3) is 0.500. The van der Waals surface area contributed by atoms with Gasteiger partial charge in [-0.2, -0.15) is 0 Å². The van der Waals surface area contributed by atoms with Crippen molar-refractivity contribution in [3.8, 4) is 5.75 Å². The molecule has 2 rings (SSSR count). The average Bonchev–Trinajstić information content (AvgIpc) is 3.03. The monoisotopic (exact) mass is 384 g/mol. The zero-order valence-corrected chi connectivity index (χ0v) is 14.7. The molecule has 1 unspecified atom stereocenters. The predicted molar refractivity (Wildman–Crippen MR) is 91.7 cm³/mol. The van der Waals surface area contributed by atoms with Crippen LogP contribution in [0.25, 0.3) is 0 Å². The van der Waals surface area contributed by atoms with Crippen LogP contribution in [0.4, 0.5) is 8.78 Å². The van der Waals surface area contributed by atoms with Crippen LogP contribution in [0.15, 0.2) is 30.3 Å². The van der Waals surface area contributed by atoms with E-state index in [0.717, 1.165) is 4.90 Å². The lowest BCUT2D eigenvalue weighted by Gasteiger charge is -2.21. The Hall–Kier alpha value is -2.71. The number of rotatable bonds is 9. The van der Waals surface area contributed by atoms with Gasteiger partial charge in [0, 0.05) is 12.8 Å². The molecule has 0 aliphatic carbocycles. The van der Waals surface area contributed by atoms with Gasteiger partial charge < -0.3 is 20.1 Å². The van der Waals surface area contributed by atoms with E-state index in [-0.39, 0.29) is 6.42 Å². The number of benzene rings is 1. The number of hydrogen-bond donors (Lipinski definition) is 2. The molecule has 0 spiro atoms. The van der Waals surface area contributed by atoms with Gasteiger partial charge >= 0.3 is 5.97 Å². The minimum Gasteiger partial charge on any atom is -0.494 e. The molecule has 148 valence electrons. The summed E-state index contributed by atoms with van der Waals surface area (Å²) in [6, 6.07) is 7.64. The van der Waals surface area contributed by atoms with Crippen molar-refractivity contribution in [3.63, 3.8) is 0 Å². The molecule has 9 heteroatoms. The molecule has 1 heterocycles. The van der Waals surface area contributed by atoms with Crippen LogP contribution in [0.3, 0.4) is 0 Å². The third-order valence-corrected chi connectivity index (χ3v) is 4.23. The van der Waals surface area contributed by atoms with E-state index >= 15 is 0 Å². The number of alkyl halides is 2. The lowest BCUT2D eigenvalue weighted by atomic mass is 10.0. The first-order chi connectivity index (χ1) is 12.8. The summed E-state index contributed by atoms with van der Waals surface area (Å²) in [5.74, 6) is -1.89. The van der Waals surface area contributed by atoms with Crippen LogP contribution in [-0.2, 0) is 14.4 Å². The SMILES string of the molecule is O=C(CCCOc1ccccc1)NCC(=O)N1CC(F)(CF)C[C@@H]1C(=O)O. The third kappa shape index (κ3) is 5.90. The number of halogens is 2. The second kappa shape index (κ2) is 9.29. The minimum absolute atomic E-state index is 0.111. The van der Waals surface area contributed by atoms with Crippen molar-refractivity contribution in [2.45, 2.75) is 31.0 Å². The number of nitrogens with one attached hydrogen (secondary N) is 1. The Morgan fingerprint density at radius 2 is 2.00 bits per heavy atom. The van der Waals surface area contributed by atoms with Crippen molar-refractivity contribution in [2.24, 2.45) is 0 Å². The maximum Gasteiger partial charge on any atom is 0.326 e. The summed E-state index contributed by atoms with van der Waals surface area (Å²) in [6.07, 6.45) is -0.0683. The first-order valence-electron chi connectivity index (χ1n) is 8.56. The van der Waals surface area contributed by atoms with Gasteiger partial charge in [0.1, 0.15) is 18.5 Å². The lowest BCUT2D eigenvalue weighted by molar-refractivity contribution is -0.148. The van der Waals surface area contributed by atoms with E-state index < -0.39 is 55.7 Å². The predicted octanol–water partition coefficient (Wildman–Crippen LogP) is 1.33. The number of para-hydroxylation sites is 1. The Labute approximate surface area is 155 Å². The Kier molecular flexibility index (Phi) is 7.09. The van der Waals surface area contributed by atoms with Crippen LogP contribution in [0.5, 0.6) is 5.75 Å². The molecule has 1 aliphatic heterocycles. The van der Waals surface area contributed by atoms with Crippen LogP contribution in [0.1, 0.15) is 19.3 Å². The van der Waals surface area contributed by atoms with E-state index in [1.807, 2.05) is 18.2 Å². The number of likely N-dealkylation sites (tertiary alicyclic amines) is 1. The summed E-state index contributed by atoms with van der Waals surface area (Å²) in [6.45, 7) is -2.15. The van der Waals surface area contributed by atoms with Gasteiger partial charge in [-0.15, -0.1) is 0 Å². The van der Waals surface area contributed by atoms with Crippen LogP contribution < -0.4 is 10.1 Å². The highest BCUT2D eigenvalue weighted by molar-refractivity contribution is 5.88. The third-order valence-electron chi connectivity index (χ3n) is 4.23. The molecule has 27 heavy (non-hydrogen) atoms. The summed E-state index contributed by atoms with van der Waals surface area (Å²) in [5.41, 5.74) is -2.36. The highest BCUT2D eigenvalue weighted by Crippen LogP contribution is 2.31. The number of aliphatic carboxylic acids is 1. The van der Waals surface area contributed by atoms with Crippen molar-refractivity contribution < 1.29 is 33.0 Å². The molecule has 1 aromatic rings. The van der Waals surface area contributed by atoms with E-state index in [4.69, 9.17) is 9.84 Å². The molecule has 1 saturated heterocycles. The zero-order valence-electron chi connectivity index (χ0n) is 14.7. The largest absolute Gasteiger partial charge is 0.494 e. The highest BCUT2D eigenvalue weighted by atomic mass is 19.2. The maximum atomic E-state index is 14.1. The molecule has 1 aromatic carbocycles. The van der Waals surface area contributed by atoms with E-state index in [0.29, 0.717) is 18.8 Å². The highest BCUT2D eigenvalue weighted by Gasteiger charge is 2.49. The topological polar surface area (TPSA) is 95.9 Å². The number of carboxylic acids is 1. The van der Waals surface area contributed by atoms with Crippen molar-refractivity contribution in [1.82, 2.24) is 10.2 Å². The Bertz CT molecular complexity index is 673.